The fraction of sp³-hybridized carbons (Fsp3) is 0.714. The molecule has 0 saturated carbocycles. The molecule has 2 unspecified atom stereocenters. The molecule has 1 saturated heterocycles. The average Bonchev–Trinajstić information content (AvgIpc) is 2.97. The van der Waals surface area contributed by atoms with E-state index in [4.69, 9.17) is 0 Å². The smallest absolute Gasteiger partial charge is 0.326 e. The van der Waals surface area contributed by atoms with Crippen molar-refractivity contribution in [1.29, 1.82) is 0 Å². The molecule has 0 aromatic carbocycles. The van der Waals surface area contributed by atoms with Crippen molar-refractivity contribution in [2.75, 3.05) is 20.1 Å². The van der Waals surface area contributed by atoms with E-state index in [1.165, 1.54) is 6.42 Å². The predicted octanol–water partition coefficient (Wildman–Crippen LogP) is 1.34. The lowest BCUT2D eigenvalue weighted by atomic mass is 10.0. The molecule has 1 aromatic rings. The average molecular weight is 263 g/mol. The number of hydrogen-bond donors (Lipinski definition) is 1. The summed E-state index contributed by atoms with van der Waals surface area (Å²) in [6, 6.07) is -0.402. The molecular weight excluding hydrogens is 242 g/mol. The van der Waals surface area contributed by atoms with Crippen LogP contribution in [0, 0.1) is 5.92 Å². The van der Waals surface area contributed by atoms with Crippen molar-refractivity contribution in [2.45, 2.75) is 38.1 Å². The molecule has 0 radical (unpaired) electrons. The van der Waals surface area contributed by atoms with Crippen LogP contribution in [0.5, 0.6) is 0 Å². The Kier molecular flexibility index (Phi) is 3.31. The lowest BCUT2D eigenvalue weighted by Gasteiger charge is -2.24. The Morgan fingerprint density at radius 2 is 2.37 bits per heavy atom. The first-order valence-electron chi connectivity index (χ1n) is 7.11. The van der Waals surface area contributed by atoms with E-state index in [-0.39, 0.29) is 0 Å². The molecule has 1 aromatic heterocycles. The largest absolute Gasteiger partial charge is 0.480 e. The SMILES string of the molecule is CN1CCC(Cc2ncc3n2C(C(=O)O)CCC3)C1. The normalized spacial score (nSPS) is 27.4. The van der Waals surface area contributed by atoms with E-state index >= 15 is 0 Å². The van der Waals surface area contributed by atoms with Gasteiger partial charge in [0.2, 0.25) is 0 Å². The molecule has 0 amide bonds. The third-order valence-electron chi connectivity index (χ3n) is 4.42. The maximum Gasteiger partial charge on any atom is 0.326 e. The fourth-order valence-electron chi connectivity index (χ4n) is 3.45. The molecule has 3 heterocycles. The second-order valence-corrected chi connectivity index (χ2v) is 5.90. The Balaban J connectivity index is 1.83. The van der Waals surface area contributed by atoms with Gasteiger partial charge in [-0.15, -0.1) is 0 Å². The van der Waals surface area contributed by atoms with E-state index in [2.05, 4.69) is 16.9 Å². The van der Waals surface area contributed by atoms with Crippen LogP contribution in [-0.4, -0.2) is 45.7 Å². The molecule has 0 bridgehead atoms. The molecule has 2 aliphatic rings. The molecule has 0 spiro atoms. The van der Waals surface area contributed by atoms with Crippen LogP contribution in [0.3, 0.4) is 0 Å². The Morgan fingerprint density at radius 3 is 3.05 bits per heavy atom. The Labute approximate surface area is 113 Å². The molecule has 104 valence electrons. The predicted molar refractivity (Wildman–Crippen MR) is 71.1 cm³/mol. The summed E-state index contributed by atoms with van der Waals surface area (Å²) < 4.78 is 1.99. The van der Waals surface area contributed by atoms with E-state index < -0.39 is 12.0 Å². The second-order valence-electron chi connectivity index (χ2n) is 5.90. The highest BCUT2D eigenvalue weighted by atomic mass is 16.4. The summed E-state index contributed by atoms with van der Waals surface area (Å²) in [6.45, 7) is 2.24. The van der Waals surface area contributed by atoms with Gasteiger partial charge in [0.05, 0.1) is 0 Å². The lowest BCUT2D eigenvalue weighted by Crippen LogP contribution is -2.27. The van der Waals surface area contributed by atoms with Crippen LogP contribution in [-0.2, 0) is 17.6 Å². The van der Waals surface area contributed by atoms with Gasteiger partial charge in [-0.2, -0.15) is 0 Å². The third kappa shape index (κ3) is 2.39. The van der Waals surface area contributed by atoms with Crippen molar-refractivity contribution in [2.24, 2.45) is 5.92 Å². The number of aromatic nitrogens is 2. The quantitative estimate of drug-likeness (QED) is 0.894. The zero-order valence-electron chi connectivity index (χ0n) is 11.4. The summed E-state index contributed by atoms with van der Waals surface area (Å²) in [6.07, 6.45) is 6.62. The number of imidazole rings is 1. The number of hydrogen-bond acceptors (Lipinski definition) is 3. The number of aryl methyl sites for hydroxylation is 1. The Morgan fingerprint density at radius 1 is 1.53 bits per heavy atom. The molecule has 1 N–H and O–H groups in total. The molecule has 5 nitrogen and oxygen atoms in total. The summed E-state index contributed by atoms with van der Waals surface area (Å²) in [4.78, 5) is 18.2. The van der Waals surface area contributed by atoms with Crippen LogP contribution in [0.15, 0.2) is 6.20 Å². The van der Waals surface area contributed by atoms with Crippen molar-refractivity contribution in [1.82, 2.24) is 14.5 Å². The summed E-state index contributed by atoms with van der Waals surface area (Å²) in [5, 5.41) is 9.37. The Bertz CT molecular complexity index is 483. The summed E-state index contributed by atoms with van der Waals surface area (Å²) >= 11 is 0. The highest BCUT2D eigenvalue weighted by Gasteiger charge is 2.30. The van der Waals surface area contributed by atoms with Crippen molar-refractivity contribution in [3.05, 3.63) is 17.7 Å². The highest BCUT2D eigenvalue weighted by molar-refractivity contribution is 5.72. The van der Waals surface area contributed by atoms with Gasteiger partial charge < -0.3 is 14.6 Å². The first-order chi connectivity index (χ1) is 9.15. The minimum atomic E-state index is -0.719. The van der Waals surface area contributed by atoms with E-state index in [9.17, 15) is 9.90 Å². The van der Waals surface area contributed by atoms with Crippen LogP contribution in [0.1, 0.15) is 36.8 Å². The summed E-state index contributed by atoms with van der Waals surface area (Å²) in [7, 11) is 2.14. The van der Waals surface area contributed by atoms with Gasteiger partial charge in [0.15, 0.2) is 0 Å². The van der Waals surface area contributed by atoms with Gasteiger partial charge in [0, 0.05) is 24.9 Å². The number of fused-ring (bicyclic) bond motifs is 1. The fourth-order valence-corrected chi connectivity index (χ4v) is 3.45. The van der Waals surface area contributed by atoms with Gasteiger partial charge in [-0.25, -0.2) is 9.78 Å². The lowest BCUT2D eigenvalue weighted by molar-refractivity contribution is -0.141. The van der Waals surface area contributed by atoms with E-state index in [0.717, 1.165) is 50.3 Å². The first kappa shape index (κ1) is 12.7. The zero-order valence-corrected chi connectivity index (χ0v) is 11.4. The number of rotatable bonds is 3. The zero-order chi connectivity index (χ0) is 13.4. The van der Waals surface area contributed by atoms with Gasteiger partial charge in [-0.1, -0.05) is 0 Å². The van der Waals surface area contributed by atoms with Crippen LogP contribution >= 0.6 is 0 Å². The summed E-state index contributed by atoms with van der Waals surface area (Å²) in [5.74, 6) is 0.874. The van der Waals surface area contributed by atoms with Gasteiger partial charge in [-0.05, 0) is 45.2 Å². The molecule has 19 heavy (non-hydrogen) atoms. The standard InChI is InChI=1S/C14H21N3O2/c1-16-6-5-10(9-16)7-13-15-8-11-3-2-4-12(14(18)19)17(11)13/h8,10,12H,2-7,9H2,1H3,(H,18,19). The molecule has 5 heteroatoms. The molecule has 1 fully saturated rings. The maximum atomic E-state index is 11.4. The maximum absolute atomic E-state index is 11.4. The first-order valence-corrected chi connectivity index (χ1v) is 7.11. The molecule has 2 atom stereocenters. The molecular formula is C14H21N3O2. The van der Waals surface area contributed by atoms with Gasteiger partial charge >= 0.3 is 5.97 Å². The van der Waals surface area contributed by atoms with Crippen molar-refractivity contribution < 1.29 is 9.90 Å². The molecule has 3 rings (SSSR count). The van der Waals surface area contributed by atoms with Crippen molar-refractivity contribution in [3.63, 3.8) is 0 Å². The second kappa shape index (κ2) is 4.96. The van der Waals surface area contributed by atoms with Crippen LogP contribution in [0.25, 0.3) is 0 Å². The van der Waals surface area contributed by atoms with Crippen LogP contribution < -0.4 is 0 Å². The number of aliphatic carboxylic acids is 1. The number of carboxylic acids is 1. The van der Waals surface area contributed by atoms with Gasteiger partial charge in [0.1, 0.15) is 11.9 Å². The van der Waals surface area contributed by atoms with Gasteiger partial charge in [-0.3, -0.25) is 0 Å². The van der Waals surface area contributed by atoms with Crippen LogP contribution in [0.4, 0.5) is 0 Å². The Hall–Kier alpha value is -1.36. The number of carbonyl (C=O) groups is 1. The monoisotopic (exact) mass is 263 g/mol. The van der Waals surface area contributed by atoms with E-state index in [0.29, 0.717) is 5.92 Å². The third-order valence-corrected chi connectivity index (χ3v) is 4.42. The minimum absolute atomic E-state index is 0.402. The summed E-state index contributed by atoms with van der Waals surface area (Å²) in [5.41, 5.74) is 1.10. The van der Waals surface area contributed by atoms with E-state index in [1.54, 1.807) is 0 Å². The van der Waals surface area contributed by atoms with Crippen molar-refractivity contribution in [3.8, 4) is 0 Å². The number of likely N-dealkylation sites (tertiary alicyclic amines) is 1. The van der Waals surface area contributed by atoms with Gasteiger partial charge in [0.25, 0.3) is 0 Å². The number of carboxylic acid groups (broad SMARTS) is 1. The van der Waals surface area contributed by atoms with E-state index in [1.807, 2.05) is 10.8 Å². The van der Waals surface area contributed by atoms with Crippen LogP contribution in [0.2, 0.25) is 0 Å². The molecule has 2 aliphatic heterocycles. The van der Waals surface area contributed by atoms with Crippen molar-refractivity contribution >= 4 is 5.97 Å². The molecule has 0 aliphatic carbocycles. The minimum Gasteiger partial charge on any atom is -0.480 e. The topological polar surface area (TPSA) is 58.4 Å². The number of nitrogens with zero attached hydrogens (tertiary/aromatic N) is 3. The highest BCUT2D eigenvalue weighted by Crippen LogP contribution is 2.29.